The Morgan fingerprint density at radius 2 is 2.12 bits per heavy atom. The van der Waals surface area contributed by atoms with Gasteiger partial charge in [0.05, 0.1) is 4.91 Å². The van der Waals surface area contributed by atoms with Crippen molar-refractivity contribution in [2.24, 2.45) is 11.8 Å². The second-order valence-electron chi connectivity index (χ2n) is 7.27. The Labute approximate surface area is 154 Å². The predicted molar refractivity (Wildman–Crippen MR) is 108 cm³/mol. The Bertz CT molecular complexity index is 925. The zero-order valence-electron chi connectivity index (χ0n) is 13.8. The van der Waals surface area contributed by atoms with E-state index in [2.05, 4.69) is 5.87 Å². The molecule has 1 saturated heterocycles. The first-order valence-corrected chi connectivity index (χ1v) is 10.5. The zero-order valence-corrected chi connectivity index (χ0v) is 15.4. The van der Waals surface area contributed by atoms with Crippen LogP contribution in [0.15, 0.2) is 39.7 Å². The van der Waals surface area contributed by atoms with E-state index >= 15 is 0 Å². The van der Waals surface area contributed by atoms with Crippen molar-refractivity contribution in [1.29, 1.82) is 0 Å². The van der Waals surface area contributed by atoms with E-state index < -0.39 is 10.5 Å². The summed E-state index contributed by atoms with van der Waals surface area (Å²) in [7, 11) is -0.577. The molecule has 3 aliphatic rings. The summed E-state index contributed by atoms with van der Waals surface area (Å²) >= 11 is 5.63. The van der Waals surface area contributed by atoms with Crippen molar-refractivity contribution in [1.82, 2.24) is 4.90 Å². The molecule has 0 radical (unpaired) electrons. The third-order valence-corrected chi connectivity index (χ3v) is 8.09. The molecule has 2 aliphatic carbocycles. The third-order valence-electron chi connectivity index (χ3n) is 5.85. The number of hydrogen-bond acceptors (Lipinski definition) is 3. The van der Waals surface area contributed by atoms with Crippen molar-refractivity contribution in [3.63, 3.8) is 0 Å². The largest absolute Gasteiger partial charge is 0.457 e. The first kappa shape index (κ1) is 15.5. The van der Waals surface area contributed by atoms with Gasteiger partial charge in [0.15, 0.2) is 0 Å². The lowest BCUT2D eigenvalue weighted by molar-refractivity contribution is -0.124. The topological polar surface area (TPSA) is 33.5 Å². The third kappa shape index (κ3) is 2.36. The van der Waals surface area contributed by atoms with Gasteiger partial charge in [0.2, 0.25) is 0 Å². The normalized spacial score (nSPS) is 33.3. The minimum absolute atomic E-state index is 0.0429. The quantitative estimate of drug-likeness (QED) is 0.564. The molecule has 5 rings (SSSR count). The summed E-state index contributed by atoms with van der Waals surface area (Å²) in [6.45, 7) is 0. The van der Waals surface area contributed by atoms with Gasteiger partial charge in [-0.2, -0.15) is 0 Å². The van der Waals surface area contributed by atoms with Crippen LogP contribution in [0.25, 0.3) is 17.0 Å². The van der Waals surface area contributed by atoms with Gasteiger partial charge in [0, 0.05) is 11.4 Å². The van der Waals surface area contributed by atoms with Gasteiger partial charge in [0.25, 0.3) is 5.91 Å². The lowest BCUT2D eigenvalue weighted by atomic mass is 9.94. The number of benzene rings is 1. The van der Waals surface area contributed by atoms with Crippen molar-refractivity contribution in [2.45, 2.75) is 31.7 Å². The van der Waals surface area contributed by atoms with Gasteiger partial charge in [0.1, 0.15) is 15.7 Å². The summed E-state index contributed by atoms with van der Waals surface area (Å²) in [5.41, 5.74) is 0.830. The number of nitrogens with zero attached hydrogens (tertiary/aromatic N) is 1. The van der Waals surface area contributed by atoms with Crippen LogP contribution in [-0.4, -0.2) is 27.0 Å². The van der Waals surface area contributed by atoms with Crippen LogP contribution in [0, 0.1) is 11.8 Å². The van der Waals surface area contributed by atoms with E-state index in [0.29, 0.717) is 20.9 Å². The molecule has 3 fully saturated rings. The summed E-state index contributed by atoms with van der Waals surface area (Å²) < 4.78 is 6.57. The van der Waals surface area contributed by atoms with E-state index in [1.807, 2.05) is 41.3 Å². The Hall–Kier alpha value is -1.72. The van der Waals surface area contributed by atoms with Crippen LogP contribution in [0.4, 0.5) is 0 Å². The Morgan fingerprint density at radius 3 is 2.84 bits per heavy atom. The van der Waals surface area contributed by atoms with Crippen LogP contribution in [-0.2, 0) is 4.79 Å². The number of carbonyl (C=O) groups excluding carboxylic acids is 1. The van der Waals surface area contributed by atoms with Crippen LogP contribution in [0.2, 0.25) is 0 Å². The highest BCUT2D eigenvalue weighted by Crippen LogP contribution is 2.50. The number of furan rings is 1. The minimum atomic E-state index is -0.577. The van der Waals surface area contributed by atoms with E-state index in [0.717, 1.165) is 23.3 Å². The maximum Gasteiger partial charge on any atom is 0.266 e. The van der Waals surface area contributed by atoms with Crippen molar-refractivity contribution in [2.75, 3.05) is 0 Å². The van der Waals surface area contributed by atoms with E-state index in [-0.39, 0.29) is 11.9 Å². The van der Waals surface area contributed by atoms with Crippen LogP contribution in [0.3, 0.4) is 0 Å². The average molecular weight is 370 g/mol. The summed E-state index contributed by atoms with van der Waals surface area (Å²) in [4.78, 5) is 15.7. The lowest BCUT2D eigenvalue weighted by Gasteiger charge is -2.30. The smallest absolute Gasteiger partial charge is 0.266 e. The molecular formula is C20H19NO2S2. The van der Waals surface area contributed by atoms with Crippen molar-refractivity contribution >= 4 is 55.8 Å². The van der Waals surface area contributed by atoms with Crippen LogP contribution in [0.5, 0.6) is 0 Å². The number of para-hydroxylation sites is 1. The molecule has 2 bridgehead atoms. The van der Waals surface area contributed by atoms with Gasteiger partial charge in [-0.3, -0.25) is 9.69 Å². The van der Waals surface area contributed by atoms with Crippen LogP contribution in [0.1, 0.15) is 31.4 Å². The molecule has 2 saturated carbocycles. The molecule has 2 aromatic rings. The highest BCUT2D eigenvalue weighted by molar-refractivity contribution is 8.37. The van der Waals surface area contributed by atoms with Gasteiger partial charge in [-0.15, -0.1) is 0 Å². The van der Waals surface area contributed by atoms with Gasteiger partial charge < -0.3 is 4.42 Å². The highest BCUT2D eigenvalue weighted by atomic mass is 32.2. The van der Waals surface area contributed by atoms with E-state index in [9.17, 15) is 4.79 Å². The fourth-order valence-electron chi connectivity index (χ4n) is 4.67. The van der Waals surface area contributed by atoms with Gasteiger partial charge >= 0.3 is 0 Å². The molecule has 128 valence electrons. The lowest BCUT2D eigenvalue weighted by Crippen LogP contribution is -2.41. The molecule has 3 nitrogen and oxygen atoms in total. The second-order valence-corrected chi connectivity index (χ2v) is 9.52. The number of amides is 1. The molecule has 0 N–H and O–H groups in total. The summed E-state index contributed by atoms with van der Waals surface area (Å²) in [6, 6.07) is 10.1. The first-order valence-electron chi connectivity index (χ1n) is 8.73. The number of thiocarbonyl (C=S) groups is 1. The van der Waals surface area contributed by atoms with Gasteiger partial charge in [-0.05, 0) is 49.3 Å². The molecule has 4 atom stereocenters. The van der Waals surface area contributed by atoms with Gasteiger partial charge in [-0.1, -0.05) is 53.2 Å². The standard InChI is InChI=1S/C20H19NO2S2/c1-25-18(11-15-10-14-4-2-3-5-17(14)23-15)19(22)21(20(25)24)16-9-12-6-7-13(16)8-12/h2-5,10-13,16H,1,6-9H2. The number of hydrogen-bond donors (Lipinski definition) is 0. The Kier molecular flexibility index (Phi) is 3.51. The average Bonchev–Trinajstić information content (AvgIpc) is 3.36. The molecule has 2 heterocycles. The molecular weight excluding hydrogens is 350 g/mol. The zero-order chi connectivity index (χ0) is 17.1. The van der Waals surface area contributed by atoms with Crippen molar-refractivity contribution < 1.29 is 9.21 Å². The monoisotopic (exact) mass is 369 g/mol. The molecule has 5 heteroatoms. The molecule has 1 aromatic heterocycles. The predicted octanol–water partition coefficient (Wildman–Crippen LogP) is 4.79. The van der Waals surface area contributed by atoms with Crippen molar-refractivity contribution in [3.8, 4) is 0 Å². The maximum absolute atomic E-state index is 13.1. The highest BCUT2D eigenvalue weighted by Gasteiger charge is 2.48. The van der Waals surface area contributed by atoms with Crippen LogP contribution < -0.4 is 0 Å². The summed E-state index contributed by atoms with van der Waals surface area (Å²) in [5, 5.41) is 1.04. The molecule has 4 unspecified atom stereocenters. The van der Waals surface area contributed by atoms with Crippen molar-refractivity contribution in [3.05, 3.63) is 41.0 Å². The van der Waals surface area contributed by atoms with Crippen LogP contribution >= 0.6 is 22.7 Å². The summed E-state index contributed by atoms with van der Waals surface area (Å²) in [5.74, 6) is 6.34. The fraction of sp³-hybridized carbons (Fsp3) is 0.350. The Balaban J connectivity index is 1.50. The number of fused-ring (bicyclic) bond motifs is 3. The Morgan fingerprint density at radius 1 is 1.28 bits per heavy atom. The molecule has 25 heavy (non-hydrogen) atoms. The maximum atomic E-state index is 13.1. The van der Waals surface area contributed by atoms with E-state index in [1.54, 1.807) is 0 Å². The first-order chi connectivity index (χ1) is 12.1. The van der Waals surface area contributed by atoms with Gasteiger partial charge in [-0.25, -0.2) is 0 Å². The number of carbonyl (C=O) groups is 1. The van der Waals surface area contributed by atoms with E-state index in [4.69, 9.17) is 16.6 Å². The minimum Gasteiger partial charge on any atom is -0.457 e. The SMILES string of the molecule is C=S1C(=S)N(C2CC3CCC2C3)C(=O)C1=Cc1cc2ccccc2o1. The fourth-order valence-corrected chi connectivity index (χ4v) is 6.37. The molecule has 1 amide bonds. The van der Waals surface area contributed by atoms with E-state index in [1.165, 1.54) is 19.3 Å². The number of rotatable bonds is 2. The second kappa shape index (κ2) is 5.64. The summed E-state index contributed by atoms with van der Waals surface area (Å²) in [6.07, 6.45) is 6.75. The molecule has 0 spiro atoms. The molecule has 1 aromatic carbocycles. The molecule has 1 aliphatic heterocycles.